The predicted octanol–water partition coefficient (Wildman–Crippen LogP) is 2.26. The van der Waals surface area contributed by atoms with Crippen LogP contribution in [-0.4, -0.2) is 38.9 Å². The van der Waals surface area contributed by atoms with Crippen LogP contribution in [0.1, 0.15) is 28.8 Å². The summed E-state index contributed by atoms with van der Waals surface area (Å²) in [6.07, 6.45) is 4.12. The average Bonchev–Trinajstić information content (AvgIpc) is 3.36. The van der Waals surface area contributed by atoms with Crippen LogP contribution in [0.25, 0.3) is 0 Å². The Labute approximate surface area is 180 Å². The van der Waals surface area contributed by atoms with E-state index in [1.54, 1.807) is 29.6 Å². The number of carbonyl (C=O) groups is 2. The van der Waals surface area contributed by atoms with Crippen LogP contribution < -0.4 is 5.32 Å². The lowest BCUT2D eigenvalue weighted by Gasteiger charge is -2.17. The van der Waals surface area contributed by atoms with Crippen LogP contribution in [0, 0.1) is 11.3 Å². The fourth-order valence-electron chi connectivity index (χ4n) is 3.76. The van der Waals surface area contributed by atoms with Gasteiger partial charge in [0.15, 0.2) is 0 Å². The molecule has 2 heterocycles. The smallest absolute Gasteiger partial charge is 0.245 e. The van der Waals surface area contributed by atoms with E-state index in [1.165, 1.54) is 0 Å². The number of benzene rings is 2. The van der Waals surface area contributed by atoms with Crippen molar-refractivity contribution in [3.8, 4) is 6.07 Å². The van der Waals surface area contributed by atoms with Crippen LogP contribution in [0.15, 0.2) is 67.1 Å². The number of rotatable bonds is 7. The molecular weight excluding hydrogens is 390 g/mol. The third-order valence-corrected chi connectivity index (χ3v) is 5.43. The van der Waals surface area contributed by atoms with Crippen molar-refractivity contribution in [2.45, 2.75) is 32.0 Å². The molecule has 31 heavy (non-hydrogen) atoms. The highest BCUT2D eigenvalue weighted by atomic mass is 16.2. The maximum absolute atomic E-state index is 12.7. The molecule has 0 saturated carbocycles. The summed E-state index contributed by atoms with van der Waals surface area (Å²) >= 11 is 0. The Bertz CT molecular complexity index is 1100. The quantitative estimate of drug-likeness (QED) is 0.643. The molecule has 1 saturated heterocycles. The second-order valence-electron chi connectivity index (χ2n) is 7.65. The standard InChI is InChI=1S/C24H23N5O2/c25-13-18-6-8-20(9-7-18)16-29-17-26-14-21(29)12-23(30)27-22-10-11-28(24(22)31)15-19-4-2-1-3-5-19/h1-9,14,17,22H,10-12,15-16H2,(H,27,30)/t22-/m1/s1. The molecule has 156 valence electrons. The number of nitrogens with zero attached hydrogens (tertiary/aromatic N) is 4. The van der Waals surface area contributed by atoms with E-state index < -0.39 is 6.04 Å². The van der Waals surface area contributed by atoms with Gasteiger partial charge in [-0.15, -0.1) is 0 Å². The number of likely N-dealkylation sites (tertiary alicyclic amines) is 1. The topological polar surface area (TPSA) is 91.0 Å². The summed E-state index contributed by atoms with van der Waals surface area (Å²) in [5, 5.41) is 11.8. The zero-order valence-electron chi connectivity index (χ0n) is 17.1. The molecule has 7 heteroatoms. The SMILES string of the molecule is N#Cc1ccc(Cn2cncc2CC(=O)N[C@@H]2CCN(Cc3ccccc3)C2=O)cc1. The Morgan fingerprint density at radius 3 is 2.58 bits per heavy atom. The third kappa shape index (κ3) is 4.98. The first kappa shape index (κ1) is 20.4. The maximum atomic E-state index is 12.7. The fourth-order valence-corrected chi connectivity index (χ4v) is 3.76. The normalized spacial score (nSPS) is 15.6. The van der Waals surface area contributed by atoms with Gasteiger partial charge >= 0.3 is 0 Å². The van der Waals surface area contributed by atoms with E-state index >= 15 is 0 Å². The number of nitrogens with one attached hydrogen (secondary N) is 1. The molecule has 0 spiro atoms. The first-order chi connectivity index (χ1) is 15.1. The number of nitriles is 1. The van der Waals surface area contributed by atoms with E-state index in [-0.39, 0.29) is 18.2 Å². The van der Waals surface area contributed by atoms with Crippen molar-refractivity contribution in [3.05, 3.63) is 89.5 Å². The van der Waals surface area contributed by atoms with E-state index in [4.69, 9.17) is 5.26 Å². The van der Waals surface area contributed by atoms with Gasteiger partial charge in [-0.1, -0.05) is 42.5 Å². The lowest BCUT2D eigenvalue weighted by Crippen LogP contribution is -2.42. The molecule has 1 aliphatic rings. The Morgan fingerprint density at radius 1 is 1.10 bits per heavy atom. The first-order valence-electron chi connectivity index (χ1n) is 10.2. The minimum absolute atomic E-state index is 0.0386. The van der Waals surface area contributed by atoms with Crippen LogP contribution in [-0.2, 0) is 29.1 Å². The zero-order valence-corrected chi connectivity index (χ0v) is 17.1. The van der Waals surface area contributed by atoms with Gasteiger partial charge in [0.2, 0.25) is 11.8 Å². The van der Waals surface area contributed by atoms with Crippen LogP contribution in [0.3, 0.4) is 0 Å². The van der Waals surface area contributed by atoms with Gasteiger partial charge in [-0.3, -0.25) is 9.59 Å². The van der Waals surface area contributed by atoms with E-state index in [2.05, 4.69) is 16.4 Å². The summed E-state index contributed by atoms with van der Waals surface area (Å²) < 4.78 is 1.90. The second kappa shape index (κ2) is 9.26. The Kier molecular flexibility index (Phi) is 6.08. The fraction of sp³-hybridized carbons (Fsp3) is 0.250. The largest absolute Gasteiger partial charge is 0.344 e. The van der Waals surface area contributed by atoms with E-state index in [1.807, 2.05) is 47.0 Å². The van der Waals surface area contributed by atoms with Gasteiger partial charge in [0.05, 0.1) is 24.4 Å². The van der Waals surface area contributed by atoms with Gasteiger partial charge in [-0.2, -0.15) is 5.26 Å². The van der Waals surface area contributed by atoms with Crippen molar-refractivity contribution < 1.29 is 9.59 Å². The number of carbonyl (C=O) groups excluding carboxylic acids is 2. The molecule has 0 unspecified atom stereocenters. The number of amides is 2. The maximum Gasteiger partial charge on any atom is 0.245 e. The molecule has 1 fully saturated rings. The molecule has 1 atom stereocenters. The van der Waals surface area contributed by atoms with Gasteiger partial charge in [0.1, 0.15) is 6.04 Å². The van der Waals surface area contributed by atoms with E-state index in [0.717, 1.165) is 16.8 Å². The number of hydrogen-bond donors (Lipinski definition) is 1. The van der Waals surface area contributed by atoms with Gasteiger partial charge in [0, 0.05) is 31.5 Å². The summed E-state index contributed by atoms with van der Waals surface area (Å²) in [4.78, 5) is 31.2. The molecule has 1 N–H and O–H groups in total. The van der Waals surface area contributed by atoms with Crippen molar-refractivity contribution >= 4 is 11.8 Å². The Balaban J connectivity index is 1.33. The summed E-state index contributed by atoms with van der Waals surface area (Å²) in [6.45, 7) is 1.75. The molecule has 3 aromatic rings. The van der Waals surface area contributed by atoms with Crippen molar-refractivity contribution in [2.24, 2.45) is 0 Å². The first-order valence-corrected chi connectivity index (χ1v) is 10.2. The number of hydrogen-bond acceptors (Lipinski definition) is 4. The molecular formula is C24H23N5O2. The van der Waals surface area contributed by atoms with Gasteiger partial charge < -0.3 is 14.8 Å². The highest BCUT2D eigenvalue weighted by Crippen LogP contribution is 2.16. The van der Waals surface area contributed by atoms with Crippen molar-refractivity contribution in [3.63, 3.8) is 0 Å². The highest BCUT2D eigenvalue weighted by Gasteiger charge is 2.32. The van der Waals surface area contributed by atoms with Gasteiger partial charge in [-0.05, 0) is 29.7 Å². The Morgan fingerprint density at radius 2 is 1.84 bits per heavy atom. The average molecular weight is 413 g/mol. The van der Waals surface area contributed by atoms with E-state index in [0.29, 0.717) is 31.6 Å². The number of aromatic nitrogens is 2. The lowest BCUT2D eigenvalue weighted by atomic mass is 10.1. The molecule has 1 aromatic heterocycles. The van der Waals surface area contributed by atoms with Crippen molar-refractivity contribution in [1.82, 2.24) is 19.8 Å². The molecule has 0 radical (unpaired) electrons. The monoisotopic (exact) mass is 413 g/mol. The minimum atomic E-state index is -0.480. The van der Waals surface area contributed by atoms with Crippen LogP contribution in [0.5, 0.6) is 0 Å². The highest BCUT2D eigenvalue weighted by molar-refractivity contribution is 5.89. The van der Waals surface area contributed by atoms with E-state index in [9.17, 15) is 9.59 Å². The number of imidazole rings is 1. The molecule has 1 aliphatic heterocycles. The molecule has 2 amide bonds. The molecule has 7 nitrogen and oxygen atoms in total. The summed E-state index contributed by atoms with van der Waals surface area (Å²) in [7, 11) is 0. The molecule has 2 aromatic carbocycles. The van der Waals surface area contributed by atoms with Gasteiger partial charge in [0.25, 0.3) is 0 Å². The summed E-state index contributed by atoms with van der Waals surface area (Å²) in [6, 6.07) is 18.8. The van der Waals surface area contributed by atoms with Crippen LogP contribution >= 0.6 is 0 Å². The summed E-state index contributed by atoms with van der Waals surface area (Å²) in [5.41, 5.74) is 3.47. The predicted molar refractivity (Wildman–Crippen MR) is 115 cm³/mol. The minimum Gasteiger partial charge on any atom is -0.344 e. The second-order valence-corrected chi connectivity index (χ2v) is 7.65. The molecule has 0 bridgehead atoms. The van der Waals surface area contributed by atoms with Gasteiger partial charge in [-0.25, -0.2) is 4.98 Å². The van der Waals surface area contributed by atoms with Crippen LogP contribution in [0.4, 0.5) is 0 Å². The third-order valence-electron chi connectivity index (χ3n) is 5.43. The Hall–Kier alpha value is -3.92. The van der Waals surface area contributed by atoms with Crippen molar-refractivity contribution in [2.75, 3.05) is 6.54 Å². The molecule has 4 rings (SSSR count). The van der Waals surface area contributed by atoms with Crippen LogP contribution in [0.2, 0.25) is 0 Å². The van der Waals surface area contributed by atoms with Crippen molar-refractivity contribution in [1.29, 1.82) is 5.26 Å². The summed E-state index contributed by atoms with van der Waals surface area (Å²) in [5.74, 6) is -0.232. The lowest BCUT2D eigenvalue weighted by molar-refractivity contribution is -0.132. The molecule has 0 aliphatic carbocycles. The zero-order chi connectivity index (χ0) is 21.6.